The Labute approximate surface area is 112 Å². The first kappa shape index (κ1) is 11.7. The van der Waals surface area contributed by atoms with Crippen molar-refractivity contribution < 1.29 is 9.90 Å². The topological polar surface area (TPSA) is 66.6 Å². The molecule has 1 saturated carbocycles. The first-order chi connectivity index (χ1) is 8.66. The zero-order valence-electron chi connectivity index (χ0n) is 9.56. The van der Waals surface area contributed by atoms with E-state index in [1.807, 2.05) is 16.5 Å². The summed E-state index contributed by atoms with van der Waals surface area (Å²) in [5.41, 5.74) is 0.716. The van der Waals surface area contributed by atoms with Gasteiger partial charge in [0.15, 0.2) is 5.69 Å². The minimum atomic E-state index is -0.997. The Balaban J connectivity index is 2.08. The summed E-state index contributed by atoms with van der Waals surface area (Å²) in [6.07, 6.45) is 2.38. The molecule has 0 aromatic carbocycles. The number of pyridine rings is 1. The molecule has 94 valence electrons. The van der Waals surface area contributed by atoms with Gasteiger partial charge in [0.05, 0.1) is 16.7 Å². The quantitative estimate of drug-likeness (QED) is 0.848. The van der Waals surface area contributed by atoms with Gasteiger partial charge in [-0.3, -0.25) is 4.40 Å². The van der Waals surface area contributed by atoms with Gasteiger partial charge in [-0.25, -0.2) is 9.78 Å². The van der Waals surface area contributed by atoms with Crippen LogP contribution in [-0.4, -0.2) is 26.5 Å². The van der Waals surface area contributed by atoms with Gasteiger partial charge in [-0.05, 0) is 40.9 Å². The minimum absolute atomic E-state index is 0.101. The summed E-state index contributed by atoms with van der Waals surface area (Å²) in [6.45, 7) is 0.585. The zero-order chi connectivity index (χ0) is 12.7. The molecule has 1 fully saturated rings. The van der Waals surface area contributed by atoms with Crippen molar-refractivity contribution in [3.05, 3.63) is 34.3 Å². The van der Waals surface area contributed by atoms with Crippen LogP contribution in [0.3, 0.4) is 0 Å². The minimum Gasteiger partial charge on any atom is -0.476 e. The highest BCUT2D eigenvalue weighted by Gasteiger charge is 2.23. The van der Waals surface area contributed by atoms with Gasteiger partial charge in [0.25, 0.3) is 0 Å². The predicted octanol–water partition coefficient (Wildman–Crippen LogP) is 2.05. The molecule has 2 heterocycles. The van der Waals surface area contributed by atoms with E-state index in [-0.39, 0.29) is 5.69 Å². The van der Waals surface area contributed by atoms with E-state index in [2.05, 4.69) is 26.2 Å². The number of fused-ring (bicyclic) bond motifs is 1. The van der Waals surface area contributed by atoms with E-state index in [0.29, 0.717) is 18.1 Å². The summed E-state index contributed by atoms with van der Waals surface area (Å²) >= 11 is 3.44. The largest absolute Gasteiger partial charge is 0.476 e. The fourth-order valence-corrected chi connectivity index (χ4v) is 2.51. The van der Waals surface area contributed by atoms with Crippen LogP contribution in [0.15, 0.2) is 22.8 Å². The van der Waals surface area contributed by atoms with Crippen molar-refractivity contribution in [1.82, 2.24) is 14.7 Å². The van der Waals surface area contributed by atoms with Gasteiger partial charge in [0.1, 0.15) is 5.82 Å². The molecule has 0 saturated heterocycles. The molecule has 2 N–H and O–H groups in total. The van der Waals surface area contributed by atoms with Crippen molar-refractivity contribution in [2.24, 2.45) is 0 Å². The number of halogens is 1. The number of aromatic carboxylic acids is 1. The van der Waals surface area contributed by atoms with Crippen LogP contribution < -0.4 is 5.32 Å². The number of nitrogens with one attached hydrogen (secondary N) is 1. The third-order valence-corrected chi connectivity index (χ3v) is 3.63. The van der Waals surface area contributed by atoms with Gasteiger partial charge in [0, 0.05) is 6.04 Å². The summed E-state index contributed by atoms with van der Waals surface area (Å²) in [4.78, 5) is 15.4. The van der Waals surface area contributed by atoms with Crippen LogP contribution in [0, 0.1) is 0 Å². The molecule has 0 spiro atoms. The van der Waals surface area contributed by atoms with E-state index in [9.17, 15) is 4.79 Å². The number of carbonyl (C=O) groups is 1. The lowest BCUT2D eigenvalue weighted by Gasteiger charge is -2.04. The average Bonchev–Trinajstić information content (AvgIpc) is 3.07. The molecule has 0 radical (unpaired) electrons. The highest BCUT2D eigenvalue weighted by Crippen LogP contribution is 2.22. The van der Waals surface area contributed by atoms with Crippen LogP contribution >= 0.6 is 15.9 Å². The van der Waals surface area contributed by atoms with Crippen LogP contribution in [0.25, 0.3) is 5.52 Å². The van der Waals surface area contributed by atoms with Crippen molar-refractivity contribution in [3.8, 4) is 0 Å². The van der Waals surface area contributed by atoms with Crippen LogP contribution in [0.1, 0.15) is 29.2 Å². The van der Waals surface area contributed by atoms with Crippen LogP contribution in [0.4, 0.5) is 0 Å². The predicted molar refractivity (Wildman–Crippen MR) is 69.7 cm³/mol. The molecular weight excluding hydrogens is 298 g/mol. The molecule has 2 aromatic rings. The van der Waals surface area contributed by atoms with E-state index in [1.165, 1.54) is 12.8 Å². The number of rotatable bonds is 4. The maximum atomic E-state index is 11.2. The Kier molecular flexibility index (Phi) is 2.83. The van der Waals surface area contributed by atoms with Crippen molar-refractivity contribution >= 4 is 27.4 Å². The summed E-state index contributed by atoms with van der Waals surface area (Å²) in [7, 11) is 0. The van der Waals surface area contributed by atoms with Crippen LogP contribution in [0.2, 0.25) is 0 Å². The molecule has 0 bridgehead atoms. The molecule has 0 aliphatic heterocycles. The summed E-state index contributed by atoms with van der Waals surface area (Å²) in [5.74, 6) is -0.273. The van der Waals surface area contributed by atoms with Gasteiger partial charge in [-0.2, -0.15) is 0 Å². The Morgan fingerprint density at radius 3 is 3.00 bits per heavy atom. The van der Waals surface area contributed by atoms with E-state index in [4.69, 9.17) is 5.11 Å². The second-order valence-corrected chi connectivity index (χ2v) is 5.22. The first-order valence-corrected chi connectivity index (χ1v) is 6.58. The molecule has 1 aliphatic rings. The molecule has 18 heavy (non-hydrogen) atoms. The molecule has 1 aliphatic carbocycles. The molecule has 3 rings (SSSR count). The smallest absolute Gasteiger partial charge is 0.356 e. The maximum absolute atomic E-state index is 11.2. The number of nitrogens with zero attached hydrogens (tertiary/aromatic N) is 2. The van der Waals surface area contributed by atoms with Gasteiger partial charge in [0.2, 0.25) is 0 Å². The fraction of sp³-hybridized carbons (Fsp3) is 0.333. The monoisotopic (exact) mass is 309 g/mol. The molecule has 6 heteroatoms. The number of carboxylic acid groups (broad SMARTS) is 1. The van der Waals surface area contributed by atoms with E-state index >= 15 is 0 Å². The molecular formula is C12H12BrN3O2. The first-order valence-electron chi connectivity index (χ1n) is 5.79. The standard InChI is InChI=1S/C12H12BrN3O2/c13-9-3-1-2-8-11(12(17)18)15-10(16(8)9)6-14-7-4-5-7/h1-3,7,14H,4-6H2,(H,17,18). The lowest BCUT2D eigenvalue weighted by Crippen LogP contribution is -2.17. The van der Waals surface area contributed by atoms with E-state index in [0.717, 1.165) is 10.4 Å². The number of imidazole rings is 1. The Bertz CT molecular complexity index is 619. The number of carboxylic acids is 1. The van der Waals surface area contributed by atoms with E-state index in [1.54, 1.807) is 6.07 Å². The normalized spacial score (nSPS) is 15.2. The highest BCUT2D eigenvalue weighted by atomic mass is 79.9. The lowest BCUT2D eigenvalue weighted by molar-refractivity contribution is 0.0693. The van der Waals surface area contributed by atoms with Gasteiger partial charge in [-0.15, -0.1) is 0 Å². The van der Waals surface area contributed by atoms with Crippen LogP contribution in [-0.2, 0) is 6.54 Å². The summed E-state index contributed by atoms with van der Waals surface area (Å²) in [5, 5.41) is 12.5. The Hall–Kier alpha value is -1.40. The summed E-state index contributed by atoms with van der Waals surface area (Å²) < 4.78 is 2.64. The van der Waals surface area contributed by atoms with Crippen molar-refractivity contribution in [3.63, 3.8) is 0 Å². The SMILES string of the molecule is O=C(O)c1nc(CNC2CC2)n2c(Br)cccc12. The second-order valence-electron chi connectivity index (χ2n) is 4.41. The average molecular weight is 310 g/mol. The maximum Gasteiger partial charge on any atom is 0.356 e. The molecule has 5 nitrogen and oxygen atoms in total. The van der Waals surface area contributed by atoms with Gasteiger partial charge >= 0.3 is 5.97 Å². The van der Waals surface area contributed by atoms with Crippen molar-refractivity contribution in [2.75, 3.05) is 0 Å². The van der Waals surface area contributed by atoms with Crippen molar-refractivity contribution in [1.29, 1.82) is 0 Å². The Morgan fingerprint density at radius 1 is 1.56 bits per heavy atom. The number of hydrogen-bond donors (Lipinski definition) is 2. The van der Waals surface area contributed by atoms with E-state index < -0.39 is 5.97 Å². The number of hydrogen-bond acceptors (Lipinski definition) is 3. The van der Waals surface area contributed by atoms with Gasteiger partial charge in [-0.1, -0.05) is 6.07 Å². The second kappa shape index (κ2) is 4.37. The lowest BCUT2D eigenvalue weighted by atomic mass is 10.3. The molecule has 0 unspecified atom stereocenters. The van der Waals surface area contributed by atoms with Crippen LogP contribution in [0.5, 0.6) is 0 Å². The molecule has 2 aromatic heterocycles. The van der Waals surface area contributed by atoms with Crippen molar-refractivity contribution in [2.45, 2.75) is 25.4 Å². The molecule has 0 amide bonds. The fourth-order valence-electron chi connectivity index (χ4n) is 1.97. The third kappa shape index (κ3) is 2.02. The zero-order valence-corrected chi connectivity index (χ0v) is 11.1. The molecule has 0 atom stereocenters. The number of aromatic nitrogens is 2. The third-order valence-electron chi connectivity index (χ3n) is 3.01. The van der Waals surface area contributed by atoms with Gasteiger partial charge < -0.3 is 10.4 Å². The highest BCUT2D eigenvalue weighted by molar-refractivity contribution is 9.10. The Morgan fingerprint density at radius 2 is 2.33 bits per heavy atom. The summed E-state index contributed by atoms with van der Waals surface area (Å²) in [6, 6.07) is 6.02.